The van der Waals surface area contributed by atoms with E-state index in [1.165, 1.54) is 12.1 Å². The number of benzene rings is 1. The highest BCUT2D eigenvalue weighted by atomic mass is 32.2. The molecule has 1 saturated carbocycles. The number of hydrogen-bond acceptors (Lipinski definition) is 3. The topological polar surface area (TPSA) is 54.5 Å². The zero-order valence-electron chi connectivity index (χ0n) is 12.0. The molecule has 0 saturated heterocycles. The van der Waals surface area contributed by atoms with Gasteiger partial charge in [0.25, 0.3) is 5.91 Å². The molecular formula is C15H21NO3S. The van der Waals surface area contributed by atoms with E-state index in [0.717, 1.165) is 31.9 Å². The van der Waals surface area contributed by atoms with Gasteiger partial charge in [0.2, 0.25) is 0 Å². The van der Waals surface area contributed by atoms with Gasteiger partial charge in [0, 0.05) is 24.4 Å². The Kier molecular flexibility index (Phi) is 4.48. The van der Waals surface area contributed by atoms with E-state index in [1.54, 1.807) is 12.1 Å². The van der Waals surface area contributed by atoms with Gasteiger partial charge >= 0.3 is 0 Å². The zero-order valence-corrected chi connectivity index (χ0v) is 12.8. The van der Waals surface area contributed by atoms with Crippen molar-refractivity contribution in [1.82, 2.24) is 4.90 Å². The second kappa shape index (κ2) is 5.95. The maximum absolute atomic E-state index is 12.6. The Hall–Kier alpha value is -1.36. The summed E-state index contributed by atoms with van der Waals surface area (Å²) in [5.74, 6) is -0.0649. The normalized spacial score (nSPS) is 16.3. The molecule has 4 nitrogen and oxygen atoms in total. The lowest BCUT2D eigenvalue weighted by Gasteiger charge is -2.27. The van der Waals surface area contributed by atoms with Crippen LogP contribution < -0.4 is 0 Å². The fourth-order valence-corrected chi connectivity index (χ4v) is 3.48. The molecule has 0 spiro atoms. The molecule has 1 aromatic rings. The summed E-state index contributed by atoms with van der Waals surface area (Å²) in [6.45, 7) is 2.63. The molecule has 2 rings (SSSR count). The minimum atomic E-state index is -3.28. The van der Waals surface area contributed by atoms with Crippen LogP contribution in [0.5, 0.6) is 0 Å². The lowest BCUT2D eigenvalue weighted by molar-refractivity contribution is 0.0693. The Balaban J connectivity index is 2.27. The average molecular weight is 295 g/mol. The van der Waals surface area contributed by atoms with E-state index in [1.807, 2.05) is 11.8 Å². The Morgan fingerprint density at radius 3 is 2.50 bits per heavy atom. The van der Waals surface area contributed by atoms with E-state index >= 15 is 0 Å². The molecule has 1 fully saturated rings. The number of nitrogens with zero attached hydrogens (tertiary/aromatic N) is 1. The van der Waals surface area contributed by atoms with Gasteiger partial charge in [-0.1, -0.05) is 18.9 Å². The predicted octanol–water partition coefficient (Wildman–Crippen LogP) is 2.49. The number of sulfone groups is 1. The summed E-state index contributed by atoms with van der Waals surface area (Å²) in [5, 5.41) is 0. The highest BCUT2D eigenvalue weighted by Crippen LogP contribution is 2.25. The fourth-order valence-electron chi connectivity index (χ4n) is 2.81. The first kappa shape index (κ1) is 15.0. The van der Waals surface area contributed by atoms with Crippen LogP contribution in [0.3, 0.4) is 0 Å². The molecule has 1 aromatic carbocycles. The minimum Gasteiger partial charge on any atom is -0.336 e. The second-order valence-corrected chi connectivity index (χ2v) is 7.35. The Morgan fingerprint density at radius 1 is 1.30 bits per heavy atom. The second-order valence-electron chi connectivity index (χ2n) is 5.33. The number of rotatable bonds is 4. The van der Waals surface area contributed by atoms with Gasteiger partial charge in [-0.15, -0.1) is 0 Å². The van der Waals surface area contributed by atoms with Crippen molar-refractivity contribution in [2.24, 2.45) is 0 Å². The molecule has 20 heavy (non-hydrogen) atoms. The van der Waals surface area contributed by atoms with E-state index in [2.05, 4.69) is 0 Å². The summed E-state index contributed by atoms with van der Waals surface area (Å²) in [4.78, 5) is 14.6. The van der Waals surface area contributed by atoms with Gasteiger partial charge in [0.05, 0.1) is 4.90 Å². The molecule has 0 radical (unpaired) electrons. The van der Waals surface area contributed by atoms with Crippen molar-refractivity contribution in [1.29, 1.82) is 0 Å². The van der Waals surface area contributed by atoms with E-state index < -0.39 is 9.84 Å². The third-order valence-electron chi connectivity index (χ3n) is 3.88. The van der Waals surface area contributed by atoms with E-state index in [4.69, 9.17) is 0 Å². The van der Waals surface area contributed by atoms with E-state index in [0.29, 0.717) is 18.2 Å². The summed E-state index contributed by atoms with van der Waals surface area (Å²) < 4.78 is 23.2. The monoisotopic (exact) mass is 295 g/mol. The van der Waals surface area contributed by atoms with Crippen molar-refractivity contribution in [3.8, 4) is 0 Å². The first-order chi connectivity index (χ1) is 9.43. The van der Waals surface area contributed by atoms with Gasteiger partial charge in [0.1, 0.15) is 0 Å². The molecular weight excluding hydrogens is 274 g/mol. The third-order valence-corrected chi connectivity index (χ3v) is 4.99. The maximum atomic E-state index is 12.6. The van der Waals surface area contributed by atoms with Crippen molar-refractivity contribution in [2.45, 2.75) is 43.5 Å². The summed E-state index contributed by atoms with van der Waals surface area (Å²) in [6, 6.07) is 6.63. The van der Waals surface area contributed by atoms with Crippen LogP contribution in [0.4, 0.5) is 0 Å². The molecule has 1 aliphatic rings. The lowest BCUT2D eigenvalue weighted by Crippen LogP contribution is -2.38. The molecule has 0 aromatic heterocycles. The molecule has 0 N–H and O–H groups in total. The van der Waals surface area contributed by atoms with Crippen LogP contribution in [-0.4, -0.2) is 38.1 Å². The average Bonchev–Trinajstić information content (AvgIpc) is 2.92. The lowest BCUT2D eigenvalue weighted by atomic mass is 10.1. The highest BCUT2D eigenvalue weighted by Gasteiger charge is 2.26. The first-order valence-corrected chi connectivity index (χ1v) is 8.93. The van der Waals surface area contributed by atoms with Crippen LogP contribution in [0.15, 0.2) is 29.2 Å². The fraction of sp³-hybridized carbons (Fsp3) is 0.533. The Labute approximate surface area is 120 Å². The molecule has 0 heterocycles. The molecule has 0 bridgehead atoms. The largest absolute Gasteiger partial charge is 0.336 e. The van der Waals surface area contributed by atoms with Crippen molar-refractivity contribution in [3.63, 3.8) is 0 Å². The SMILES string of the molecule is CCN(C(=O)c1cccc(S(C)(=O)=O)c1)C1CCCC1. The Morgan fingerprint density at radius 2 is 1.95 bits per heavy atom. The van der Waals surface area contributed by atoms with Crippen LogP contribution in [0.25, 0.3) is 0 Å². The van der Waals surface area contributed by atoms with E-state index in [-0.39, 0.29) is 10.8 Å². The summed E-state index contributed by atoms with van der Waals surface area (Å²) in [5.41, 5.74) is 0.460. The molecule has 1 amide bonds. The maximum Gasteiger partial charge on any atom is 0.254 e. The van der Waals surface area contributed by atoms with Crippen LogP contribution in [-0.2, 0) is 9.84 Å². The smallest absolute Gasteiger partial charge is 0.254 e. The summed E-state index contributed by atoms with van der Waals surface area (Å²) >= 11 is 0. The van der Waals surface area contributed by atoms with Gasteiger partial charge < -0.3 is 4.90 Å². The van der Waals surface area contributed by atoms with Gasteiger partial charge in [-0.2, -0.15) is 0 Å². The zero-order chi connectivity index (χ0) is 14.8. The third kappa shape index (κ3) is 3.20. The Bertz CT molecular complexity index is 589. The first-order valence-electron chi connectivity index (χ1n) is 7.04. The molecule has 0 unspecified atom stereocenters. The van der Waals surface area contributed by atoms with Crippen LogP contribution >= 0.6 is 0 Å². The van der Waals surface area contributed by atoms with Crippen LogP contribution in [0, 0.1) is 0 Å². The number of hydrogen-bond donors (Lipinski definition) is 0. The highest BCUT2D eigenvalue weighted by molar-refractivity contribution is 7.90. The van der Waals surface area contributed by atoms with Gasteiger partial charge in [-0.05, 0) is 38.0 Å². The van der Waals surface area contributed by atoms with E-state index in [9.17, 15) is 13.2 Å². The van der Waals surface area contributed by atoms with Gasteiger partial charge in [-0.25, -0.2) is 8.42 Å². The molecule has 1 aliphatic carbocycles. The molecule has 0 atom stereocenters. The van der Waals surface area contributed by atoms with Crippen molar-refractivity contribution < 1.29 is 13.2 Å². The molecule has 5 heteroatoms. The van der Waals surface area contributed by atoms with Crippen LogP contribution in [0.2, 0.25) is 0 Å². The number of amides is 1. The quantitative estimate of drug-likeness (QED) is 0.857. The standard InChI is InChI=1S/C15H21NO3S/c1-3-16(13-8-4-5-9-13)15(17)12-7-6-10-14(11-12)20(2,18)19/h6-7,10-11,13H,3-5,8-9H2,1-2H3. The molecule has 110 valence electrons. The number of carbonyl (C=O) groups is 1. The summed E-state index contributed by atoms with van der Waals surface area (Å²) in [6.07, 6.45) is 5.58. The van der Waals surface area contributed by atoms with Crippen molar-refractivity contribution >= 4 is 15.7 Å². The van der Waals surface area contributed by atoms with Crippen LogP contribution in [0.1, 0.15) is 43.0 Å². The van der Waals surface area contributed by atoms with Gasteiger partial charge in [-0.3, -0.25) is 4.79 Å². The van der Waals surface area contributed by atoms with Crippen molar-refractivity contribution in [2.75, 3.05) is 12.8 Å². The minimum absolute atomic E-state index is 0.0649. The molecule has 0 aliphatic heterocycles. The summed E-state index contributed by atoms with van der Waals surface area (Å²) in [7, 11) is -3.28. The predicted molar refractivity (Wildman–Crippen MR) is 78.5 cm³/mol. The van der Waals surface area contributed by atoms with Gasteiger partial charge in [0.15, 0.2) is 9.84 Å². The van der Waals surface area contributed by atoms with Crippen molar-refractivity contribution in [3.05, 3.63) is 29.8 Å². The number of carbonyl (C=O) groups excluding carboxylic acids is 1.